The average molecular weight is 245 g/mol. The van der Waals surface area contributed by atoms with Gasteiger partial charge in [0.15, 0.2) is 0 Å². The molecule has 0 spiro atoms. The van der Waals surface area contributed by atoms with Crippen molar-refractivity contribution in [1.82, 2.24) is 0 Å². The van der Waals surface area contributed by atoms with Gasteiger partial charge in [-0.1, -0.05) is 18.0 Å². The molecule has 1 unspecified atom stereocenters. The maximum Gasteiger partial charge on any atom is 0.314 e. The van der Waals surface area contributed by atoms with E-state index in [0.29, 0.717) is 4.34 Å². The van der Waals surface area contributed by atoms with E-state index in [-0.39, 0.29) is 5.92 Å². The minimum absolute atomic E-state index is 0.268. The van der Waals surface area contributed by atoms with Crippen molar-refractivity contribution in [3.8, 4) is 0 Å². The molecule has 1 fully saturated rings. The van der Waals surface area contributed by atoms with Crippen LogP contribution in [-0.4, -0.2) is 11.1 Å². The van der Waals surface area contributed by atoms with Gasteiger partial charge in [0.25, 0.3) is 0 Å². The molecule has 2 nitrogen and oxygen atoms in total. The second-order valence-corrected chi connectivity index (χ2v) is 5.95. The number of carbonyl (C=O) groups is 1. The quantitative estimate of drug-likeness (QED) is 0.883. The van der Waals surface area contributed by atoms with Gasteiger partial charge in [0.1, 0.15) is 5.41 Å². The van der Waals surface area contributed by atoms with Crippen LogP contribution in [0, 0.1) is 5.92 Å². The Labute approximate surface area is 97.9 Å². The van der Waals surface area contributed by atoms with Gasteiger partial charge in [-0.2, -0.15) is 0 Å². The third-order valence-electron chi connectivity index (χ3n) is 3.45. The molecule has 0 aromatic carbocycles. The van der Waals surface area contributed by atoms with Crippen molar-refractivity contribution in [2.45, 2.75) is 31.6 Å². The van der Waals surface area contributed by atoms with Crippen molar-refractivity contribution < 1.29 is 9.90 Å². The van der Waals surface area contributed by atoms with E-state index in [4.69, 9.17) is 11.6 Å². The third kappa shape index (κ3) is 1.68. The number of halogens is 1. The van der Waals surface area contributed by atoms with E-state index in [1.54, 1.807) is 6.07 Å². The van der Waals surface area contributed by atoms with Crippen molar-refractivity contribution >= 4 is 28.9 Å². The van der Waals surface area contributed by atoms with Crippen LogP contribution in [0.25, 0.3) is 0 Å². The predicted octanol–water partition coefficient (Wildman–Crippen LogP) is 3.54. The molecule has 4 heteroatoms. The normalized spacial score (nSPS) is 20.7. The van der Waals surface area contributed by atoms with E-state index >= 15 is 0 Å². The summed E-state index contributed by atoms with van der Waals surface area (Å²) in [6, 6.07) is 3.63. The Hall–Kier alpha value is -0.540. The number of thiophene rings is 1. The lowest BCUT2D eigenvalue weighted by Crippen LogP contribution is -2.42. The van der Waals surface area contributed by atoms with Gasteiger partial charge < -0.3 is 5.11 Å². The lowest BCUT2D eigenvalue weighted by molar-refractivity contribution is -0.146. The van der Waals surface area contributed by atoms with E-state index in [0.717, 1.165) is 24.1 Å². The molecular weight excluding hydrogens is 232 g/mol. The molecule has 1 aliphatic rings. The van der Waals surface area contributed by atoms with Gasteiger partial charge in [-0.3, -0.25) is 4.79 Å². The highest BCUT2D eigenvalue weighted by Gasteiger charge is 2.46. The summed E-state index contributed by atoms with van der Waals surface area (Å²) in [5, 5.41) is 9.39. The molecule has 0 radical (unpaired) electrons. The minimum Gasteiger partial charge on any atom is -0.481 e. The topological polar surface area (TPSA) is 37.3 Å². The summed E-state index contributed by atoms with van der Waals surface area (Å²) in [6.45, 7) is 1.82. The monoisotopic (exact) mass is 244 g/mol. The largest absolute Gasteiger partial charge is 0.481 e. The van der Waals surface area contributed by atoms with Crippen molar-refractivity contribution in [2.75, 3.05) is 0 Å². The number of rotatable bonds is 3. The smallest absolute Gasteiger partial charge is 0.314 e. The molecule has 2 rings (SSSR count). The van der Waals surface area contributed by atoms with Crippen LogP contribution in [0.4, 0.5) is 0 Å². The first kappa shape index (κ1) is 11.0. The Morgan fingerprint density at radius 3 is 2.60 bits per heavy atom. The first-order valence-electron chi connectivity index (χ1n) is 5.04. The number of hydrogen-bond acceptors (Lipinski definition) is 2. The van der Waals surface area contributed by atoms with Crippen LogP contribution >= 0.6 is 22.9 Å². The Balaban J connectivity index is 2.37. The molecule has 1 aliphatic carbocycles. The first-order chi connectivity index (χ1) is 7.05. The van der Waals surface area contributed by atoms with Crippen LogP contribution < -0.4 is 0 Å². The Kier molecular flexibility index (Phi) is 2.77. The fourth-order valence-corrected chi connectivity index (χ4v) is 3.32. The highest BCUT2D eigenvalue weighted by Crippen LogP contribution is 2.46. The van der Waals surface area contributed by atoms with E-state index in [2.05, 4.69) is 0 Å². The SMILES string of the molecule is CC(C(=O)O)(c1ccc(Cl)s1)C1CCC1. The predicted molar refractivity (Wildman–Crippen MR) is 61.7 cm³/mol. The molecular formula is C11H13ClO2S. The summed E-state index contributed by atoms with van der Waals surface area (Å²) in [6.07, 6.45) is 3.17. The maximum absolute atomic E-state index is 11.4. The van der Waals surface area contributed by atoms with Gasteiger partial charge in [-0.05, 0) is 37.8 Å². The molecule has 1 atom stereocenters. The van der Waals surface area contributed by atoms with Crippen molar-refractivity contribution in [3.63, 3.8) is 0 Å². The first-order valence-corrected chi connectivity index (χ1v) is 6.24. The lowest BCUT2D eigenvalue weighted by Gasteiger charge is -2.39. The molecule has 1 N–H and O–H groups in total. The third-order valence-corrected chi connectivity index (χ3v) is 4.92. The lowest BCUT2D eigenvalue weighted by atomic mass is 9.65. The molecule has 0 bridgehead atoms. The molecule has 15 heavy (non-hydrogen) atoms. The van der Waals surface area contributed by atoms with Crippen LogP contribution in [0.5, 0.6) is 0 Å². The van der Waals surface area contributed by atoms with Crippen molar-refractivity contribution in [2.24, 2.45) is 5.92 Å². The van der Waals surface area contributed by atoms with Gasteiger partial charge in [-0.25, -0.2) is 0 Å². The summed E-state index contributed by atoms with van der Waals surface area (Å²) in [7, 11) is 0. The highest BCUT2D eigenvalue weighted by atomic mass is 35.5. The van der Waals surface area contributed by atoms with E-state index in [1.807, 2.05) is 13.0 Å². The van der Waals surface area contributed by atoms with Gasteiger partial charge in [0.05, 0.1) is 4.34 Å². The Bertz CT molecular complexity index is 384. The minimum atomic E-state index is -0.740. The van der Waals surface area contributed by atoms with E-state index in [9.17, 15) is 9.90 Å². The van der Waals surface area contributed by atoms with Crippen LogP contribution in [-0.2, 0) is 10.2 Å². The van der Waals surface area contributed by atoms with E-state index < -0.39 is 11.4 Å². The summed E-state index contributed by atoms with van der Waals surface area (Å²) >= 11 is 7.25. The molecule has 1 heterocycles. The maximum atomic E-state index is 11.4. The fourth-order valence-electron chi connectivity index (χ4n) is 2.06. The van der Waals surface area contributed by atoms with Gasteiger partial charge in [0.2, 0.25) is 0 Å². The fraction of sp³-hybridized carbons (Fsp3) is 0.545. The van der Waals surface area contributed by atoms with Crippen LogP contribution in [0.1, 0.15) is 31.1 Å². The zero-order chi connectivity index (χ0) is 11.1. The zero-order valence-electron chi connectivity index (χ0n) is 8.50. The summed E-state index contributed by atoms with van der Waals surface area (Å²) in [5.74, 6) is -0.463. The second kappa shape index (κ2) is 3.80. The number of carboxylic acids is 1. The van der Waals surface area contributed by atoms with Gasteiger partial charge >= 0.3 is 5.97 Å². The standard InChI is InChI=1S/C11H13ClO2S/c1-11(10(13)14,7-3-2-4-7)8-5-6-9(12)15-8/h5-7H,2-4H2,1H3,(H,13,14). The van der Waals surface area contributed by atoms with Gasteiger partial charge in [0, 0.05) is 4.88 Å². The Morgan fingerprint density at radius 2 is 2.27 bits per heavy atom. The number of carboxylic acid groups (broad SMARTS) is 1. The molecule has 1 aromatic heterocycles. The van der Waals surface area contributed by atoms with Gasteiger partial charge in [-0.15, -0.1) is 11.3 Å². The van der Waals surface area contributed by atoms with Crippen LogP contribution in [0.15, 0.2) is 12.1 Å². The van der Waals surface area contributed by atoms with Crippen LogP contribution in [0.2, 0.25) is 4.34 Å². The molecule has 0 aliphatic heterocycles. The average Bonchev–Trinajstić information content (AvgIpc) is 2.48. The number of aliphatic carboxylic acids is 1. The zero-order valence-corrected chi connectivity index (χ0v) is 10.1. The summed E-state index contributed by atoms with van der Waals surface area (Å²) in [5.41, 5.74) is -0.740. The van der Waals surface area contributed by atoms with Crippen molar-refractivity contribution in [1.29, 1.82) is 0 Å². The highest BCUT2D eigenvalue weighted by molar-refractivity contribution is 7.16. The second-order valence-electron chi connectivity index (χ2n) is 4.24. The molecule has 0 saturated heterocycles. The van der Waals surface area contributed by atoms with Crippen LogP contribution in [0.3, 0.4) is 0 Å². The molecule has 1 aromatic rings. The summed E-state index contributed by atoms with van der Waals surface area (Å²) < 4.78 is 0.664. The Morgan fingerprint density at radius 1 is 1.60 bits per heavy atom. The molecule has 82 valence electrons. The van der Waals surface area contributed by atoms with Crippen molar-refractivity contribution in [3.05, 3.63) is 21.3 Å². The van der Waals surface area contributed by atoms with E-state index in [1.165, 1.54) is 11.3 Å². The number of hydrogen-bond donors (Lipinski definition) is 1. The summed E-state index contributed by atoms with van der Waals surface area (Å²) in [4.78, 5) is 12.3. The molecule has 0 amide bonds. The molecule has 1 saturated carbocycles.